The minimum Gasteiger partial charge on any atom is -0.383 e. The third kappa shape index (κ3) is 1.82. The number of rotatable bonds is 3. The summed E-state index contributed by atoms with van der Waals surface area (Å²) in [6, 6.07) is 6.75. The standard InChI is InChI=1S/C15H21N3O/c1-11-3-4-12-5-6-15(13(12)9-11)10-17-14(16)18(15)7-8-19-2/h3-4,9H,5-8,10H2,1-2H3,(H2,16,17). The Morgan fingerprint density at radius 2 is 2.32 bits per heavy atom. The molecule has 102 valence electrons. The normalized spacial score (nSPS) is 24.9. The molecule has 0 aromatic heterocycles. The van der Waals surface area contributed by atoms with Gasteiger partial charge in [0.15, 0.2) is 5.96 Å². The average Bonchev–Trinajstić information content (AvgIpc) is 2.91. The summed E-state index contributed by atoms with van der Waals surface area (Å²) in [5, 5.41) is 0. The van der Waals surface area contributed by atoms with Crippen molar-refractivity contribution >= 4 is 5.96 Å². The van der Waals surface area contributed by atoms with Crippen LogP contribution in [0.2, 0.25) is 0 Å². The van der Waals surface area contributed by atoms with Crippen LogP contribution < -0.4 is 5.73 Å². The molecule has 1 heterocycles. The van der Waals surface area contributed by atoms with E-state index in [9.17, 15) is 0 Å². The smallest absolute Gasteiger partial charge is 0.192 e. The molecule has 1 aliphatic heterocycles. The van der Waals surface area contributed by atoms with E-state index in [-0.39, 0.29) is 5.54 Å². The van der Waals surface area contributed by atoms with E-state index in [1.807, 2.05) is 0 Å². The van der Waals surface area contributed by atoms with Crippen LogP contribution >= 0.6 is 0 Å². The van der Waals surface area contributed by atoms with Gasteiger partial charge < -0.3 is 15.4 Å². The number of hydrogen-bond acceptors (Lipinski definition) is 4. The number of fused-ring (bicyclic) bond motifs is 2. The molecule has 1 aromatic carbocycles. The van der Waals surface area contributed by atoms with Crippen LogP contribution in [0.1, 0.15) is 23.1 Å². The van der Waals surface area contributed by atoms with E-state index in [0.29, 0.717) is 12.6 Å². The molecule has 0 radical (unpaired) electrons. The first-order valence-corrected chi connectivity index (χ1v) is 6.84. The fourth-order valence-corrected chi connectivity index (χ4v) is 3.38. The predicted molar refractivity (Wildman–Crippen MR) is 76.2 cm³/mol. The van der Waals surface area contributed by atoms with E-state index < -0.39 is 0 Å². The zero-order valence-electron chi connectivity index (χ0n) is 11.6. The second-order valence-electron chi connectivity index (χ2n) is 5.51. The van der Waals surface area contributed by atoms with Crippen molar-refractivity contribution in [2.24, 2.45) is 10.7 Å². The van der Waals surface area contributed by atoms with Gasteiger partial charge in [-0.1, -0.05) is 23.8 Å². The van der Waals surface area contributed by atoms with E-state index in [4.69, 9.17) is 10.5 Å². The maximum atomic E-state index is 6.09. The molecule has 4 nitrogen and oxygen atoms in total. The maximum absolute atomic E-state index is 6.09. The van der Waals surface area contributed by atoms with Gasteiger partial charge in [0.2, 0.25) is 0 Å². The first-order chi connectivity index (χ1) is 9.17. The van der Waals surface area contributed by atoms with E-state index in [1.165, 1.54) is 16.7 Å². The lowest BCUT2D eigenvalue weighted by atomic mass is 9.90. The summed E-state index contributed by atoms with van der Waals surface area (Å²) in [7, 11) is 1.73. The Bertz CT molecular complexity index is 526. The van der Waals surface area contributed by atoms with E-state index in [1.54, 1.807) is 7.11 Å². The second kappa shape index (κ2) is 4.53. The molecule has 0 saturated carbocycles. The summed E-state index contributed by atoms with van der Waals surface area (Å²) < 4.78 is 5.21. The number of aliphatic imine (C=N–C) groups is 1. The fourth-order valence-electron chi connectivity index (χ4n) is 3.38. The van der Waals surface area contributed by atoms with Crippen LogP contribution in [0.3, 0.4) is 0 Å². The average molecular weight is 259 g/mol. The molecule has 0 saturated heterocycles. The second-order valence-corrected chi connectivity index (χ2v) is 5.51. The highest BCUT2D eigenvalue weighted by Crippen LogP contribution is 2.44. The number of guanidine groups is 1. The van der Waals surface area contributed by atoms with Crippen LogP contribution in [0.25, 0.3) is 0 Å². The summed E-state index contributed by atoms with van der Waals surface area (Å²) in [5.41, 5.74) is 10.2. The van der Waals surface area contributed by atoms with Gasteiger partial charge in [-0.3, -0.25) is 4.99 Å². The lowest BCUT2D eigenvalue weighted by Crippen LogP contribution is -2.49. The van der Waals surface area contributed by atoms with Crippen LogP contribution in [0.15, 0.2) is 23.2 Å². The summed E-state index contributed by atoms with van der Waals surface area (Å²) in [4.78, 5) is 6.74. The zero-order chi connectivity index (χ0) is 13.5. The number of nitrogens with two attached hydrogens (primary N) is 1. The molecule has 1 aliphatic carbocycles. The summed E-state index contributed by atoms with van der Waals surface area (Å²) >= 11 is 0. The summed E-state index contributed by atoms with van der Waals surface area (Å²) in [5.74, 6) is 0.659. The molecule has 3 rings (SSSR count). The number of aryl methyl sites for hydroxylation is 2. The number of hydrogen-bond donors (Lipinski definition) is 1. The molecule has 0 bridgehead atoms. The Morgan fingerprint density at radius 3 is 3.11 bits per heavy atom. The topological polar surface area (TPSA) is 50.9 Å². The van der Waals surface area contributed by atoms with Crippen molar-refractivity contribution < 1.29 is 4.74 Å². The Balaban J connectivity index is 1.99. The maximum Gasteiger partial charge on any atom is 0.192 e. The van der Waals surface area contributed by atoms with Gasteiger partial charge in [0.05, 0.1) is 18.7 Å². The summed E-state index contributed by atoms with van der Waals surface area (Å²) in [6.07, 6.45) is 2.21. The minimum atomic E-state index is -0.0238. The first kappa shape index (κ1) is 12.5. The first-order valence-electron chi connectivity index (χ1n) is 6.84. The van der Waals surface area contributed by atoms with Gasteiger partial charge in [0, 0.05) is 13.7 Å². The van der Waals surface area contributed by atoms with Crippen LogP contribution in [0, 0.1) is 6.92 Å². The molecule has 0 fully saturated rings. The molecular weight excluding hydrogens is 238 g/mol. The van der Waals surface area contributed by atoms with Crippen LogP contribution in [0.5, 0.6) is 0 Å². The van der Waals surface area contributed by atoms with Crippen molar-refractivity contribution in [3.8, 4) is 0 Å². The van der Waals surface area contributed by atoms with Crippen molar-refractivity contribution in [1.82, 2.24) is 4.90 Å². The molecule has 1 unspecified atom stereocenters. The highest BCUT2D eigenvalue weighted by atomic mass is 16.5. The lowest BCUT2D eigenvalue weighted by Gasteiger charge is -2.37. The number of methoxy groups -OCH3 is 1. The highest BCUT2D eigenvalue weighted by Gasteiger charge is 2.47. The lowest BCUT2D eigenvalue weighted by molar-refractivity contribution is 0.128. The van der Waals surface area contributed by atoms with Crippen LogP contribution in [0.4, 0.5) is 0 Å². The molecule has 1 spiro atoms. The fraction of sp³-hybridized carbons (Fsp3) is 0.533. The van der Waals surface area contributed by atoms with Crippen molar-refractivity contribution in [1.29, 1.82) is 0 Å². The predicted octanol–water partition coefficient (Wildman–Crippen LogP) is 1.41. The van der Waals surface area contributed by atoms with Gasteiger partial charge >= 0.3 is 0 Å². The third-order valence-corrected chi connectivity index (χ3v) is 4.39. The molecule has 1 aromatic rings. The Morgan fingerprint density at radius 1 is 1.47 bits per heavy atom. The van der Waals surface area contributed by atoms with Crippen molar-refractivity contribution in [2.75, 3.05) is 26.8 Å². The largest absolute Gasteiger partial charge is 0.383 e. The quantitative estimate of drug-likeness (QED) is 0.893. The van der Waals surface area contributed by atoms with Crippen molar-refractivity contribution in [2.45, 2.75) is 25.3 Å². The molecule has 2 aliphatic rings. The van der Waals surface area contributed by atoms with Crippen LogP contribution in [-0.4, -0.2) is 37.7 Å². The van der Waals surface area contributed by atoms with Gasteiger partial charge in [-0.15, -0.1) is 0 Å². The SMILES string of the molecule is COCCN1C(N)=NCC12CCc1ccc(C)cc12. The Kier molecular flexibility index (Phi) is 2.97. The van der Waals surface area contributed by atoms with Gasteiger partial charge in [-0.2, -0.15) is 0 Å². The van der Waals surface area contributed by atoms with Gasteiger partial charge in [0.1, 0.15) is 0 Å². The Hall–Kier alpha value is -1.55. The van der Waals surface area contributed by atoms with E-state index in [2.05, 4.69) is 35.0 Å². The van der Waals surface area contributed by atoms with Crippen molar-refractivity contribution in [3.05, 3.63) is 34.9 Å². The number of benzene rings is 1. The van der Waals surface area contributed by atoms with Gasteiger partial charge in [0.25, 0.3) is 0 Å². The third-order valence-electron chi connectivity index (χ3n) is 4.39. The molecule has 1 atom stereocenters. The zero-order valence-corrected chi connectivity index (χ0v) is 11.6. The molecule has 0 amide bonds. The van der Waals surface area contributed by atoms with Crippen molar-refractivity contribution in [3.63, 3.8) is 0 Å². The van der Waals surface area contributed by atoms with E-state index >= 15 is 0 Å². The number of ether oxygens (including phenoxy) is 1. The summed E-state index contributed by atoms with van der Waals surface area (Å²) in [6.45, 7) is 4.41. The molecular formula is C15H21N3O. The highest BCUT2D eigenvalue weighted by molar-refractivity contribution is 5.81. The number of nitrogens with zero attached hydrogens (tertiary/aromatic N) is 2. The molecule has 19 heavy (non-hydrogen) atoms. The Labute approximate surface area is 114 Å². The molecule has 2 N–H and O–H groups in total. The monoisotopic (exact) mass is 259 g/mol. The van der Waals surface area contributed by atoms with Gasteiger partial charge in [-0.25, -0.2) is 0 Å². The van der Waals surface area contributed by atoms with Crippen LogP contribution in [-0.2, 0) is 16.7 Å². The molecule has 4 heteroatoms. The van der Waals surface area contributed by atoms with E-state index in [0.717, 1.165) is 25.9 Å². The minimum absolute atomic E-state index is 0.0238. The van der Waals surface area contributed by atoms with Gasteiger partial charge in [-0.05, 0) is 30.9 Å².